The van der Waals surface area contributed by atoms with Gasteiger partial charge in [0, 0.05) is 26.9 Å². The number of nitrogen functional groups attached to an aromatic ring is 1. The zero-order chi connectivity index (χ0) is 39.3. The van der Waals surface area contributed by atoms with Crippen molar-refractivity contribution in [3.63, 3.8) is 0 Å². The van der Waals surface area contributed by atoms with Crippen LogP contribution in [0.1, 0.15) is 62.1 Å². The largest absolute Gasteiger partial charge is 0.564 e. The molecule has 0 bridgehead atoms. The number of nitrogens with one attached hydrogen (secondary N) is 2. The summed E-state index contributed by atoms with van der Waals surface area (Å²) in [6.07, 6.45) is -6.36. The minimum atomic E-state index is -4.65. The molecule has 54 heavy (non-hydrogen) atoms. The predicted octanol–water partition coefficient (Wildman–Crippen LogP) is 2.87. The number of rotatable bonds is 14. The van der Waals surface area contributed by atoms with Crippen molar-refractivity contribution in [1.82, 2.24) is 5.32 Å². The van der Waals surface area contributed by atoms with Gasteiger partial charge in [-0.1, -0.05) is 69.2 Å². The molecule has 2 amide bonds. The van der Waals surface area contributed by atoms with Gasteiger partial charge in [-0.15, -0.1) is 4.18 Å². The fourth-order valence-electron chi connectivity index (χ4n) is 7.20. The van der Waals surface area contributed by atoms with Gasteiger partial charge < -0.3 is 41.2 Å². The lowest BCUT2D eigenvalue weighted by atomic mass is 9.69. The van der Waals surface area contributed by atoms with E-state index in [1.165, 1.54) is 12.1 Å². The molecule has 9 N–H and O–H groups in total. The van der Waals surface area contributed by atoms with Gasteiger partial charge in [-0.25, -0.2) is 13.2 Å². The van der Waals surface area contributed by atoms with Gasteiger partial charge >= 0.3 is 16.8 Å². The van der Waals surface area contributed by atoms with Gasteiger partial charge in [0.1, 0.15) is 35.6 Å². The van der Waals surface area contributed by atoms with Gasteiger partial charge in [0.05, 0.1) is 23.4 Å². The number of hydrogen-bond donors (Lipinski definition) is 7. The first kappa shape index (κ1) is 41.6. The third-order valence-corrected chi connectivity index (χ3v) is 12.8. The van der Waals surface area contributed by atoms with Crippen molar-refractivity contribution in [1.29, 1.82) is 0 Å². The van der Waals surface area contributed by atoms with Crippen LogP contribution in [-0.4, -0.2) is 78.9 Å². The molecule has 9 atom stereocenters. The number of unbranched alkanes of at least 4 members (excludes halogenated alkanes) is 1. The zero-order valence-corrected chi connectivity index (χ0v) is 31.5. The van der Waals surface area contributed by atoms with E-state index in [2.05, 4.69) is 19.1 Å². The maximum Gasteiger partial charge on any atom is 0.564 e. The first-order chi connectivity index (χ1) is 25.6. The van der Waals surface area contributed by atoms with Crippen molar-refractivity contribution in [3.8, 4) is 0 Å². The Labute approximate surface area is 315 Å². The van der Waals surface area contributed by atoms with Crippen molar-refractivity contribution in [2.24, 2.45) is 11.3 Å². The Bertz CT molecular complexity index is 1910. The molecule has 3 aromatic rings. The summed E-state index contributed by atoms with van der Waals surface area (Å²) in [5.41, 5.74) is 7.34. The van der Waals surface area contributed by atoms with Crippen LogP contribution in [0.15, 0.2) is 77.7 Å². The Morgan fingerprint density at radius 3 is 2.46 bits per heavy atom. The van der Waals surface area contributed by atoms with Crippen LogP contribution in [0.25, 0.3) is 0 Å². The van der Waals surface area contributed by atoms with Gasteiger partial charge in [-0.05, 0) is 64.1 Å². The topological polar surface area (TPSA) is 262 Å². The van der Waals surface area contributed by atoms with Gasteiger partial charge in [-0.2, -0.15) is 5.90 Å². The number of benzene rings is 3. The van der Waals surface area contributed by atoms with E-state index >= 15 is 0 Å². The third-order valence-electron chi connectivity index (χ3n) is 10.1. The summed E-state index contributed by atoms with van der Waals surface area (Å²) in [6, 6.07) is 19.1. The number of carbonyl (C=O) groups is 1. The molecule has 16 nitrogen and oxygen atoms in total. The van der Waals surface area contributed by atoms with Gasteiger partial charge in [0.2, 0.25) is 0 Å². The van der Waals surface area contributed by atoms with E-state index in [0.717, 1.165) is 6.42 Å². The van der Waals surface area contributed by atoms with Crippen LogP contribution in [0.5, 0.6) is 0 Å². The number of hydrogen-bond acceptors (Lipinski definition) is 13. The standard InChI is InChI=1S/C36H48N4O12S2/c1-3-5-16-36(4-2)21-53(45,46)28-15-14-24(37)18-26(28)29(33(36)43)23-12-9-13-25(17-23)39-35(44)40-34-31(42)32(49-19-22-10-7-6-8-11-22)30(41)27(51-34)20-50-54(47,48)52-38/h6-15,17-18,27,29-34,41-43H,3-5,16,19-21,37-38H2,1-2H3,(H2,39,40,44)/q+1/t27-,29-,30-,31-,32+,33-,34-,36-/m1/s1. The summed E-state index contributed by atoms with van der Waals surface area (Å²) in [6.45, 7) is 3.02. The fraction of sp³-hybridized carbons (Fsp3) is 0.472. The van der Waals surface area contributed by atoms with E-state index in [9.17, 15) is 37.3 Å². The van der Waals surface area contributed by atoms with Crippen LogP contribution < -0.4 is 22.3 Å². The fourth-order valence-corrected chi connectivity index (χ4v) is 9.81. The average molecular weight is 793 g/mol. The van der Waals surface area contributed by atoms with Crippen molar-refractivity contribution in [2.75, 3.05) is 23.4 Å². The molecule has 295 valence electrons. The average Bonchev–Trinajstić information content (AvgIpc) is 3.21. The molecular formula is C36H48N4O12S2+. The molecule has 3 aromatic carbocycles. The number of ether oxygens (including phenoxy) is 2. The van der Waals surface area contributed by atoms with E-state index in [4.69, 9.17) is 21.1 Å². The Morgan fingerprint density at radius 1 is 1.04 bits per heavy atom. The van der Waals surface area contributed by atoms with Crippen molar-refractivity contribution in [3.05, 3.63) is 89.5 Å². The summed E-state index contributed by atoms with van der Waals surface area (Å²) in [5, 5.41) is 39.5. The van der Waals surface area contributed by atoms with Crippen molar-refractivity contribution >= 4 is 38.0 Å². The second-order valence-corrected chi connectivity index (χ2v) is 16.9. The molecule has 0 saturated carbocycles. The van der Waals surface area contributed by atoms with E-state index in [1.54, 1.807) is 60.7 Å². The molecule has 18 heteroatoms. The molecule has 2 aliphatic heterocycles. The lowest BCUT2D eigenvalue weighted by molar-refractivity contribution is -0.246. The van der Waals surface area contributed by atoms with Crippen LogP contribution in [0.3, 0.4) is 0 Å². The number of anilines is 2. The van der Waals surface area contributed by atoms with Crippen LogP contribution in [-0.2, 0) is 53.9 Å². The van der Waals surface area contributed by atoms with Crippen LogP contribution in [0.2, 0.25) is 0 Å². The van der Waals surface area contributed by atoms with Crippen molar-refractivity contribution in [2.45, 2.75) is 93.7 Å². The highest BCUT2D eigenvalue weighted by molar-refractivity contribution is 7.91. The number of nitrogens with two attached hydrogens (primary N) is 2. The molecule has 1 radical (unpaired) electrons. The summed E-state index contributed by atoms with van der Waals surface area (Å²) >= 11 is 0. The number of amides is 2. The van der Waals surface area contributed by atoms with Gasteiger partial charge in [0.25, 0.3) is 0 Å². The predicted molar refractivity (Wildman–Crippen MR) is 197 cm³/mol. The molecule has 0 aliphatic carbocycles. The molecule has 0 aromatic heterocycles. The van der Waals surface area contributed by atoms with E-state index < -0.39 is 81.3 Å². The molecule has 1 saturated heterocycles. The molecule has 0 spiro atoms. The number of sulfone groups is 1. The lowest BCUT2D eigenvalue weighted by Gasteiger charge is -2.42. The SMILES string of the molecule is CCCC[C@]1(CC)CS(=O)(=O)c2ccc(N)cc2[C@@H](c2cccc(NC(=O)N[C@@H]3O[C@H](CO[S+]([O])(=O)ON)[C@@H](O)[C@H](OCc4ccccc4)[C@H]3O)c2)[C@H]1O. The Balaban J connectivity index is 1.40. The third kappa shape index (κ3) is 9.46. The second-order valence-electron chi connectivity index (χ2n) is 13.6. The van der Waals surface area contributed by atoms with Crippen LogP contribution in [0, 0.1) is 5.41 Å². The summed E-state index contributed by atoms with van der Waals surface area (Å²) in [5.74, 6) is 3.68. The highest BCUT2D eigenvalue weighted by Gasteiger charge is 2.50. The Morgan fingerprint density at radius 2 is 1.78 bits per heavy atom. The Kier molecular flexibility index (Phi) is 13.5. The summed E-state index contributed by atoms with van der Waals surface area (Å²) in [4.78, 5) is 13.5. The normalized spacial score (nSPS) is 29.0. The first-order valence-electron chi connectivity index (χ1n) is 17.6. The Hall–Kier alpha value is -3.53. The quantitative estimate of drug-likeness (QED) is 0.0705. The summed E-state index contributed by atoms with van der Waals surface area (Å²) in [7, 11) is -8.48. The van der Waals surface area contributed by atoms with Gasteiger partial charge in [-0.3, -0.25) is 0 Å². The molecule has 5 rings (SSSR count). The zero-order valence-electron chi connectivity index (χ0n) is 29.9. The number of aliphatic hydroxyl groups excluding tert-OH is 3. The lowest BCUT2D eigenvalue weighted by Crippen LogP contribution is -2.64. The highest BCUT2D eigenvalue weighted by Crippen LogP contribution is 2.49. The molecule has 2 aliphatic rings. The maximum atomic E-state index is 13.9. The van der Waals surface area contributed by atoms with E-state index in [0.29, 0.717) is 41.6 Å². The van der Waals surface area contributed by atoms with E-state index in [-0.39, 0.29) is 22.9 Å². The monoisotopic (exact) mass is 792 g/mol. The minimum absolute atomic E-state index is 0.0516. The summed E-state index contributed by atoms with van der Waals surface area (Å²) < 4.78 is 71.2. The van der Waals surface area contributed by atoms with Crippen molar-refractivity contribution < 1.29 is 55.2 Å². The molecule has 1 fully saturated rings. The molecule has 2 heterocycles. The first-order valence-corrected chi connectivity index (χ1v) is 20.5. The van der Waals surface area contributed by atoms with E-state index in [1.807, 2.05) is 13.8 Å². The smallest absolute Gasteiger partial charge is 0.399 e. The molecule has 1 unspecified atom stereocenters. The molecular weight excluding hydrogens is 745 g/mol. The number of carbonyl (C=O) groups excluding carboxylic acids is 1. The number of urea groups is 1. The number of fused-ring (bicyclic) bond motifs is 1. The number of aliphatic hydroxyl groups is 3. The maximum absolute atomic E-state index is 13.9. The van der Waals surface area contributed by atoms with Gasteiger partial charge in [0.15, 0.2) is 16.1 Å². The minimum Gasteiger partial charge on any atom is -0.399 e. The van der Waals surface area contributed by atoms with Crippen LogP contribution in [0.4, 0.5) is 16.2 Å². The second kappa shape index (κ2) is 17.5. The highest BCUT2D eigenvalue weighted by atomic mass is 32.3. The van der Waals surface area contributed by atoms with Crippen LogP contribution >= 0.6 is 0 Å².